The van der Waals surface area contributed by atoms with Gasteiger partial charge in [0.2, 0.25) is 5.91 Å². The van der Waals surface area contributed by atoms with Crippen LogP contribution >= 0.6 is 0 Å². The van der Waals surface area contributed by atoms with E-state index in [0.29, 0.717) is 6.54 Å². The summed E-state index contributed by atoms with van der Waals surface area (Å²) in [6.45, 7) is 5.38. The molecule has 1 aromatic rings. The van der Waals surface area contributed by atoms with Crippen LogP contribution in [0.3, 0.4) is 0 Å². The van der Waals surface area contributed by atoms with E-state index in [1.54, 1.807) is 4.90 Å². The number of nitrogens with zero attached hydrogens (tertiary/aromatic N) is 1. The number of likely N-dealkylation sites (N-methyl/N-ethyl adjacent to an activating group) is 1. The molecule has 1 rings (SSSR count). The Labute approximate surface area is 97.5 Å². The quantitative estimate of drug-likeness (QED) is 0.769. The van der Waals surface area contributed by atoms with Gasteiger partial charge in [0, 0.05) is 12.7 Å². The van der Waals surface area contributed by atoms with E-state index in [2.05, 4.69) is 12.2 Å². The SMILES string of the molecule is CCCNCC(=O)N(C)c1ccccc1C. The third-order valence-electron chi connectivity index (χ3n) is 2.55. The van der Waals surface area contributed by atoms with Gasteiger partial charge < -0.3 is 10.2 Å². The largest absolute Gasteiger partial charge is 0.314 e. The van der Waals surface area contributed by atoms with Crippen molar-refractivity contribution in [1.29, 1.82) is 0 Å². The summed E-state index contributed by atoms with van der Waals surface area (Å²) in [6.07, 6.45) is 1.04. The van der Waals surface area contributed by atoms with Crippen molar-refractivity contribution in [2.45, 2.75) is 20.3 Å². The van der Waals surface area contributed by atoms with E-state index in [-0.39, 0.29) is 5.91 Å². The number of carbonyl (C=O) groups excluding carboxylic acids is 1. The average Bonchev–Trinajstić information content (AvgIpc) is 2.29. The molecule has 1 amide bonds. The van der Waals surface area contributed by atoms with Crippen molar-refractivity contribution >= 4 is 11.6 Å². The second kappa shape index (κ2) is 6.28. The Morgan fingerprint density at radius 3 is 2.69 bits per heavy atom. The molecule has 0 aromatic heterocycles. The fourth-order valence-electron chi connectivity index (χ4n) is 1.56. The molecule has 0 bridgehead atoms. The summed E-state index contributed by atoms with van der Waals surface area (Å²) in [6, 6.07) is 7.91. The van der Waals surface area contributed by atoms with Crippen LogP contribution in [-0.2, 0) is 4.79 Å². The highest BCUT2D eigenvalue weighted by Gasteiger charge is 2.11. The summed E-state index contributed by atoms with van der Waals surface area (Å²) in [5, 5.41) is 3.11. The Balaban J connectivity index is 2.60. The molecule has 0 unspecified atom stereocenters. The summed E-state index contributed by atoms with van der Waals surface area (Å²) in [4.78, 5) is 13.5. The van der Waals surface area contributed by atoms with Crippen LogP contribution in [-0.4, -0.2) is 26.0 Å². The van der Waals surface area contributed by atoms with Crippen molar-refractivity contribution in [3.63, 3.8) is 0 Å². The van der Waals surface area contributed by atoms with Gasteiger partial charge in [0.1, 0.15) is 0 Å². The van der Waals surface area contributed by atoms with Gasteiger partial charge in [-0.15, -0.1) is 0 Å². The van der Waals surface area contributed by atoms with Gasteiger partial charge >= 0.3 is 0 Å². The van der Waals surface area contributed by atoms with Gasteiger partial charge in [0.05, 0.1) is 6.54 Å². The van der Waals surface area contributed by atoms with Crippen LogP contribution in [0, 0.1) is 6.92 Å². The Bertz CT molecular complexity index is 350. The number of benzene rings is 1. The lowest BCUT2D eigenvalue weighted by atomic mass is 10.2. The first kappa shape index (κ1) is 12.7. The van der Waals surface area contributed by atoms with E-state index >= 15 is 0 Å². The monoisotopic (exact) mass is 220 g/mol. The normalized spacial score (nSPS) is 10.2. The maximum Gasteiger partial charge on any atom is 0.240 e. The molecule has 0 aliphatic carbocycles. The lowest BCUT2D eigenvalue weighted by molar-refractivity contribution is -0.117. The van der Waals surface area contributed by atoms with Crippen molar-refractivity contribution in [3.05, 3.63) is 29.8 Å². The second-order valence-electron chi connectivity index (χ2n) is 3.92. The number of nitrogens with one attached hydrogen (secondary N) is 1. The zero-order valence-corrected chi connectivity index (χ0v) is 10.3. The van der Waals surface area contributed by atoms with Crippen LogP contribution in [0.1, 0.15) is 18.9 Å². The molecule has 1 N–H and O–H groups in total. The molecule has 0 aliphatic heterocycles. The molecule has 16 heavy (non-hydrogen) atoms. The standard InChI is InChI=1S/C13H20N2O/c1-4-9-14-10-13(16)15(3)12-8-6-5-7-11(12)2/h5-8,14H,4,9-10H2,1-3H3. The molecule has 0 spiro atoms. The molecule has 3 nitrogen and oxygen atoms in total. The van der Waals surface area contributed by atoms with E-state index < -0.39 is 0 Å². The fourth-order valence-corrected chi connectivity index (χ4v) is 1.56. The zero-order valence-electron chi connectivity index (χ0n) is 10.3. The fraction of sp³-hybridized carbons (Fsp3) is 0.462. The van der Waals surface area contributed by atoms with Gasteiger partial charge in [0.15, 0.2) is 0 Å². The van der Waals surface area contributed by atoms with Gasteiger partial charge in [-0.1, -0.05) is 25.1 Å². The minimum absolute atomic E-state index is 0.0998. The maximum absolute atomic E-state index is 11.8. The second-order valence-corrected chi connectivity index (χ2v) is 3.92. The highest BCUT2D eigenvalue weighted by atomic mass is 16.2. The number of carbonyl (C=O) groups is 1. The van der Waals surface area contributed by atoms with Crippen LogP contribution in [0.15, 0.2) is 24.3 Å². The van der Waals surface area contributed by atoms with Gasteiger partial charge in [-0.05, 0) is 31.5 Å². The first-order valence-corrected chi connectivity index (χ1v) is 5.69. The van der Waals surface area contributed by atoms with Crippen LogP contribution in [0.2, 0.25) is 0 Å². The molecular formula is C13H20N2O. The molecule has 0 aliphatic rings. The Morgan fingerprint density at radius 1 is 1.38 bits per heavy atom. The average molecular weight is 220 g/mol. The first-order chi connectivity index (χ1) is 7.66. The van der Waals surface area contributed by atoms with Crippen LogP contribution in [0.4, 0.5) is 5.69 Å². The highest BCUT2D eigenvalue weighted by Crippen LogP contribution is 2.17. The number of rotatable bonds is 5. The third-order valence-corrected chi connectivity index (χ3v) is 2.55. The zero-order chi connectivity index (χ0) is 12.0. The van der Waals surface area contributed by atoms with Gasteiger partial charge in [-0.3, -0.25) is 4.79 Å². The molecule has 88 valence electrons. The van der Waals surface area contributed by atoms with E-state index in [1.807, 2.05) is 38.2 Å². The minimum Gasteiger partial charge on any atom is -0.314 e. The van der Waals surface area contributed by atoms with Crippen LogP contribution in [0.5, 0.6) is 0 Å². The highest BCUT2D eigenvalue weighted by molar-refractivity contribution is 5.94. The molecule has 1 aromatic carbocycles. The number of para-hydroxylation sites is 1. The Morgan fingerprint density at radius 2 is 2.06 bits per heavy atom. The summed E-state index contributed by atoms with van der Waals surface area (Å²) in [5.74, 6) is 0.0998. The number of anilines is 1. The number of amides is 1. The third kappa shape index (κ3) is 3.35. The Hall–Kier alpha value is -1.35. The molecule has 0 saturated heterocycles. The van der Waals surface area contributed by atoms with Gasteiger partial charge in [-0.2, -0.15) is 0 Å². The smallest absolute Gasteiger partial charge is 0.240 e. The van der Waals surface area contributed by atoms with Crippen molar-refractivity contribution in [2.75, 3.05) is 25.0 Å². The maximum atomic E-state index is 11.8. The topological polar surface area (TPSA) is 32.3 Å². The summed E-state index contributed by atoms with van der Waals surface area (Å²) >= 11 is 0. The molecule has 0 saturated carbocycles. The minimum atomic E-state index is 0.0998. The van der Waals surface area contributed by atoms with E-state index in [4.69, 9.17) is 0 Å². The summed E-state index contributed by atoms with van der Waals surface area (Å²) < 4.78 is 0. The Kier molecular flexibility index (Phi) is 4.99. The van der Waals surface area contributed by atoms with Gasteiger partial charge in [-0.25, -0.2) is 0 Å². The van der Waals surface area contributed by atoms with E-state index in [1.165, 1.54) is 0 Å². The lowest BCUT2D eigenvalue weighted by Gasteiger charge is -2.19. The molecule has 0 fully saturated rings. The predicted molar refractivity (Wildman–Crippen MR) is 67.7 cm³/mol. The van der Waals surface area contributed by atoms with Crippen molar-refractivity contribution < 1.29 is 4.79 Å². The predicted octanol–water partition coefficient (Wildman–Crippen LogP) is 1.96. The molecule has 3 heteroatoms. The van der Waals surface area contributed by atoms with Crippen LogP contribution in [0.25, 0.3) is 0 Å². The number of hydrogen-bond acceptors (Lipinski definition) is 2. The van der Waals surface area contributed by atoms with Crippen LogP contribution < -0.4 is 10.2 Å². The molecular weight excluding hydrogens is 200 g/mol. The van der Waals surface area contributed by atoms with Crippen molar-refractivity contribution in [2.24, 2.45) is 0 Å². The molecule has 0 radical (unpaired) electrons. The molecule has 0 atom stereocenters. The number of aryl methyl sites for hydroxylation is 1. The summed E-state index contributed by atoms with van der Waals surface area (Å²) in [7, 11) is 1.82. The first-order valence-electron chi connectivity index (χ1n) is 5.69. The van der Waals surface area contributed by atoms with Crippen molar-refractivity contribution in [3.8, 4) is 0 Å². The van der Waals surface area contributed by atoms with E-state index in [9.17, 15) is 4.79 Å². The molecule has 0 heterocycles. The number of hydrogen-bond donors (Lipinski definition) is 1. The van der Waals surface area contributed by atoms with Crippen molar-refractivity contribution in [1.82, 2.24) is 5.32 Å². The lowest BCUT2D eigenvalue weighted by Crippen LogP contribution is -2.36. The van der Waals surface area contributed by atoms with E-state index in [0.717, 1.165) is 24.2 Å². The summed E-state index contributed by atoms with van der Waals surface area (Å²) in [5.41, 5.74) is 2.10. The van der Waals surface area contributed by atoms with Gasteiger partial charge in [0.25, 0.3) is 0 Å².